The Morgan fingerprint density at radius 2 is 2.20 bits per heavy atom. The number of pyridine rings is 1. The Morgan fingerprint density at radius 1 is 1.36 bits per heavy atom. The van der Waals surface area contributed by atoms with Gasteiger partial charge in [-0.1, -0.05) is 0 Å². The number of hydrogen-bond acceptors (Lipinski definition) is 5. The number of aromatic hydroxyl groups is 1. The van der Waals surface area contributed by atoms with Gasteiger partial charge in [0.25, 0.3) is 0 Å². The van der Waals surface area contributed by atoms with Crippen LogP contribution >= 0.6 is 0 Å². The van der Waals surface area contributed by atoms with Crippen LogP contribution in [0.2, 0.25) is 0 Å². The van der Waals surface area contributed by atoms with Gasteiger partial charge in [-0.05, 0) is 37.6 Å². The average molecular weight is 333 g/mol. The van der Waals surface area contributed by atoms with Crippen LogP contribution in [0.25, 0.3) is 16.8 Å². The molecule has 1 amide bonds. The van der Waals surface area contributed by atoms with Crippen LogP contribution in [0, 0.1) is 24.2 Å². The van der Waals surface area contributed by atoms with Crippen molar-refractivity contribution in [1.29, 1.82) is 5.26 Å². The van der Waals surface area contributed by atoms with Crippen molar-refractivity contribution < 1.29 is 9.90 Å². The molecule has 4 rings (SSSR count). The van der Waals surface area contributed by atoms with Gasteiger partial charge in [0.15, 0.2) is 0 Å². The minimum atomic E-state index is -0.592. The standard InChI is InChI=1S/C18H15N5O2/c1-11-2-3-16(24)17(21-11)13-8-15-14(4-6-20-23(15)10-13)22-7-5-12(9-19)18(22)25/h2-4,6,8,10,12,24H,5,7H2,1H3. The third kappa shape index (κ3) is 2.39. The molecule has 0 aliphatic carbocycles. The molecule has 0 radical (unpaired) electrons. The first-order valence-electron chi connectivity index (χ1n) is 7.94. The van der Waals surface area contributed by atoms with Crippen LogP contribution in [0.1, 0.15) is 12.1 Å². The van der Waals surface area contributed by atoms with Crippen LogP contribution in [-0.4, -0.2) is 32.2 Å². The summed E-state index contributed by atoms with van der Waals surface area (Å²) in [7, 11) is 0. The molecule has 3 aromatic heterocycles. The number of nitriles is 1. The molecule has 1 N–H and O–H groups in total. The molecule has 1 aliphatic heterocycles. The Morgan fingerprint density at radius 3 is 2.96 bits per heavy atom. The van der Waals surface area contributed by atoms with Gasteiger partial charge in [-0.3, -0.25) is 4.79 Å². The first kappa shape index (κ1) is 15.1. The van der Waals surface area contributed by atoms with E-state index in [9.17, 15) is 9.90 Å². The van der Waals surface area contributed by atoms with Crippen molar-refractivity contribution in [3.8, 4) is 23.1 Å². The molecule has 0 saturated carbocycles. The maximum Gasteiger partial charge on any atom is 0.244 e. The maximum atomic E-state index is 12.4. The number of hydrogen-bond donors (Lipinski definition) is 1. The van der Waals surface area contributed by atoms with Gasteiger partial charge in [-0.25, -0.2) is 9.50 Å². The largest absolute Gasteiger partial charge is 0.506 e. The lowest BCUT2D eigenvalue weighted by atomic mass is 10.1. The normalized spacial score (nSPS) is 17.2. The fourth-order valence-corrected chi connectivity index (χ4v) is 3.16. The van der Waals surface area contributed by atoms with E-state index < -0.39 is 5.92 Å². The van der Waals surface area contributed by atoms with E-state index in [4.69, 9.17) is 5.26 Å². The summed E-state index contributed by atoms with van der Waals surface area (Å²) in [4.78, 5) is 18.4. The lowest BCUT2D eigenvalue weighted by Crippen LogP contribution is -2.27. The fraction of sp³-hybridized carbons (Fsp3) is 0.222. The summed E-state index contributed by atoms with van der Waals surface area (Å²) >= 11 is 0. The second kappa shape index (κ2) is 5.60. The summed E-state index contributed by atoms with van der Waals surface area (Å²) in [5.41, 5.74) is 3.41. The van der Waals surface area contributed by atoms with Crippen molar-refractivity contribution in [2.75, 3.05) is 11.4 Å². The second-order valence-electron chi connectivity index (χ2n) is 6.06. The predicted molar refractivity (Wildman–Crippen MR) is 90.9 cm³/mol. The zero-order chi connectivity index (χ0) is 17.6. The van der Waals surface area contributed by atoms with Crippen LogP contribution in [0.15, 0.2) is 36.7 Å². The molecule has 25 heavy (non-hydrogen) atoms. The molecule has 1 aliphatic rings. The van der Waals surface area contributed by atoms with Gasteiger partial charge in [0, 0.05) is 30.2 Å². The van der Waals surface area contributed by atoms with Crippen LogP contribution in [0.3, 0.4) is 0 Å². The second-order valence-corrected chi connectivity index (χ2v) is 6.06. The summed E-state index contributed by atoms with van der Waals surface area (Å²) in [5, 5.41) is 23.5. The molecule has 3 aromatic rings. The number of fused-ring (bicyclic) bond motifs is 1. The number of amides is 1. The zero-order valence-corrected chi connectivity index (χ0v) is 13.5. The molecule has 124 valence electrons. The molecule has 7 nitrogen and oxygen atoms in total. The van der Waals surface area contributed by atoms with E-state index in [1.54, 1.807) is 40.0 Å². The number of rotatable bonds is 2. The van der Waals surface area contributed by atoms with Crippen molar-refractivity contribution >= 4 is 17.1 Å². The molecule has 0 aromatic carbocycles. The van der Waals surface area contributed by atoms with Crippen molar-refractivity contribution in [2.24, 2.45) is 5.92 Å². The minimum absolute atomic E-state index is 0.0878. The summed E-state index contributed by atoms with van der Waals surface area (Å²) < 4.78 is 1.65. The molecule has 0 bridgehead atoms. The molecule has 1 saturated heterocycles. The molecule has 1 unspecified atom stereocenters. The first-order chi connectivity index (χ1) is 12.1. The maximum absolute atomic E-state index is 12.4. The van der Waals surface area contributed by atoms with Gasteiger partial charge >= 0.3 is 0 Å². The number of aromatic nitrogens is 3. The van der Waals surface area contributed by atoms with E-state index in [1.807, 2.05) is 19.1 Å². The Labute approximate surface area is 143 Å². The first-order valence-corrected chi connectivity index (χ1v) is 7.94. The molecule has 1 fully saturated rings. The molecule has 4 heterocycles. The lowest BCUT2D eigenvalue weighted by molar-refractivity contribution is -0.118. The monoisotopic (exact) mass is 333 g/mol. The third-order valence-electron chi connectivity index (χ3n) is 4.43. The van der Waals surface area contributed by atoms with E-state index in [-0.39, 0.29) is 11.7 Å². The highest BCUT2D eigenvalue weighted by atomic mass is 16.3. The van der Waals surface area contributed by atoms with Crippen molar-refractivity contribution in [3.05, 3.63) is 42.4 Å². The van der Waals surface area contributed by atoms with Gasteiger partial charge in [0.05, 0.1) is 17.3 Å². The fourth-order valence-electron chi connectivity index (χ4n) is 3.16. The van der Waals surface area contributed by atoms with Crippen LogP contribution in [0.5, 0.6) is 5.75 Å². The summed E-state index contributed by atoms with van der Waals surface area (Å²) in [6.45, 7) is 2.36. The van der Waals surface area contributed by atoms with E-state index >= 15 is 0 Å². The van der Waals surface area contributed by atoms with Gasteiger partial charge < -0.3 is 10.0 Å². The third-order valence-corrected chi connectivity index (χ3v) is 4.43. The quantitative estimate of drug-likeness (QED) is 0.776. The summed E-state index contributed by atoms with van der Waals surface area (Å²) in [5.74, 6) is -0.690. The predicted octanol–water partition coefficient (Wildman–Crippen LogP) is 2.29. The van der Waals surface area contributed by atoms with Gasteiger partial charge in [-0.2, -0.15) is 10.4 Å². The van der Waals surface area contributed by atoms with Crippen LogP contribution in [0.4, 0.5) is 5.69 Å². The number of nitrogens with zero attached hydrogens (tertiary/aromatic N) is 5. The van der Waals surface area contributed by atoms with E-state index in [0.717, 1.165) is 11.2 Å². The number of aryl methyl sites for hydroxylation is 1. The van der Waals surface area contributed by atoms with Crippen LogP contribution in [-0.2, 0) is 4.79 Å². The SMILES string of the molecule is Cc1ccc(O)c(-c2cc3c(N4CCC(C#N)C4=O)ccnn3c2)n1. The number of carbonyl (C=O) groups excluding carboxylic acids is 1. The Bertz CT molecular complexity index is 1030. The van der Waals surface area contributed by atoms with Crippen molar-refractivity contribution in [3.63, 3.8) is 0 Å². The number of anilines is 1. The summed E-state index contributed by atoms with van der Waals surface area (Å²) in [6, 6.07) is 9.00. The lowest BCUT2D eigenvalue weighted by Gasteiger charge is -2.16. The van der Waals surface area contributed by atoms with Crippen LogP contribution < -0.4 is 4.90 Å². The Hall–Kier alpha value is -3.40. The van der Waals surface area contributed by atoms with Crippen molar-refractivity contribution in [2.45, 2.75) is 13.3 Å². The highest BCUT2D eigenvalue weighted by Crippen LogP contribution is 2.33. The van der Waals surface area contributed by atoms with Gasteiger partial charge in [0.1, 0.15) is 17.4 Å². The van der Waals surface area contributed by atoms with E-state index in [0.29, 0.717) is 29.9 Å². The molecular weight excluding hydrogens is 318 g/mol. The topological polar surface area (TPSA) is 94.5 Å². The average Bonchev–Trinajstić information content (AvgIpc) is 3.20. The summed E-state index contributed by atoms with van der Waals surface area (Å²) in [6.07, 6.45) is 3.91. The highest BCUT2D eigenvalue weighted by Gasteiger charge is 2.33. The Balaban J connectivity index is 1.84. The van der Waals surface area contributed by atoms with Gasteiger partial charge in [0.2, 0.25) is 5.91 Å². The molecule has 7 heteroatoms. The Kier molecular flexibility index (Phi) is 3.39. The highest BCUT2D eigenvalue weighted by molar-refractivity contribution is 6.02. The van der Waals surface area contributed by atoms with E-state index in [1.165, 1.54) is 0 Å². The molecular formula is C18H15N5O2. The van der Waals surface area contributed by atoms with Gasteiger partial charge in [-0.15, -0.1) is 0 Å². The number of carbonyl (C=O) groups is 1. The minimum Gasteiger partial charge on any atom is -0.506 e. The molecule has 0 spiro atoms. The smallest absolute Gasteiger partial charge is 0.244 e. The van der Waals surface area contributed by atoms with E-state index in [2.05, 4.69) is 10.1 Å². The van der Waals surface area contributed by atoms with Crippen molar-refractivity contribution in [1.82, 2.24) is 14.6 Å². The zero-order valence-electron chi connectivity index (χ0n) is 13.5. The molecule has 1 atom stereocenters.